The lowest BCUT2D eigenvalue weighted by molar-refractivity contribution is -0.00833. The zero-order valence-electron chi connectivity index (χ0n) is 8.94. The number of anilines is 1. The molecule has 88 valence electrons. The third-order valence-corrected chi connectivity index (χ3v) is 2.24. The minimum atomic E-state index is -2.96. The van der Waals surface area contributed by atoms with Crippen LogP contribution in [0.25, 0.3) is 0 Å². The van der Waals surface area contributed by atoms with E-state index in [2.05, 4.69) is 4.98 Å². The van der Waals surface area contributed by atoms with Crippen LogP contribution in [0.1, 0.15) is 18.9 Å². The van der Waals surface area contributed by atoms with E-state index in [1.807, 2.05) is 0 Å². The molecule has 0 bridgehead atoms. The highest BCUT2D eigenvalue weighted by Crippen LogP contribution is 2.32. The number of carboxylic acid groups (broad SMARTS) is 1. The molecule has 4 nitrogen and oxygen atoms in total. The molecule has 0 fully saturated rings. The first kappa shape index (κ1) is 12.4. The van der Waals surface area contributed by atoms with Crippen LogP contribution in [-0.2, 0) is 5.92 Å². The molecule has 0 aromatic carbocycles. The molecule has 0 unspecified atom stereocenters. The fraction of sp³-hybridized carbons (Fsp3) is 0.400. The summed E-state index contributed by atoms with van der Waals surface area (Å²) in [7, 11) is 1.25. The number of alkyl halides is 2. The van der Waals surface area contributed by atoms with Crippen LogP contribution in [0.2, 0.25) is 0 Å². The Morgan fingerprint density at radius 3 is 2.75 bits per heavy atom. The second kappa shape index (κ2) is 4.42. The molecular formula is C10H12F2N2O2. The lowest BCUT2D eigenvalue weighted by atomic mass is 10.1. The molecule has 0 saturated heterocycles. The van der Waals surface area contributed by atoms with Gasteiger partial charge in [0.05, 0.1) is 0 Å². The summed E-state index contributed by atoms with van der Waals surface area (Å²) in [5.41, 5.74) is -0.229. The smallest absolute Gasteiger partial charge is 0.412 e. The number of nitrogens with zero attached hydrogens (tertiary/aromatic N) is 2. The van der Waals surface area contributed by atoms with Gasteiger partial charge in [-0.05, 0) is 12.1 Å². The summed E-state index contributed by atoms with van der Waals surface area (Å²) < 4.78 is 26.7. The standard InChI is InChI=1S/C10H12F2N2O2/c1-3-10(11,12)7-4-5-13-8(6-7)14(2)9(15)16/h4-6H,3H2,1-2H3,(H,15,16). The Kier molecular flexibility index (Phi) is 3.41. The third kappa shape index (κ3) is 2.44. The highest BCUT2D eigenvalue weighted by molar-refractivity contribution is 5.83. The van der Waals surface area contributed by atoms with Crippen molar-refractivity contribution in [3.63, 3.8) is 0 Å². The molecular weight excluding hydrogens is 218 g/mol. The van der Waals surface area contributed by atoms with Crippen molar-refractivity contribution in [3.05, 3.63) is 23.9 Å². The van der Waals surface area contributed by atoms with Crippen LogP contribution in [0.15, 0.2) is 18.3 Å². The monoisotopic (exact) mass is 230 g/mol. The quantitative estimate of drug-likeness (QED) is 0.868. The van der Waals surface area contributed by atoms with E-state index in [0.29, 0.717) is 0 Å². The molecule has 0 aliphatic rings. The molecule has 1 rings (SSSR count). The Balaban J connectivity index is 3.09. The van der Waals surface area contributed by atoms with E-state index in [-0.39, 0.29) is 17.8 Å². The number of amides is 1. The van der Waals surface area contributed by atoms with Crippen LogP contribution in [0.4, 0.5) is 19.4 Å². The predicted octanol–water partition coefficient (Wildman–Crippen LogP) is 2.70. The number of hydrogen-bond acceptors (Lipinski definition) is 2. The number of halogens is 2. The zero-order valence-corrected chi connectivity index (χ0v) is 8.94. The molecule has 0 aliphatic carbocycles. The normalized spacial score (nSPS) is 11.2. The first-order chi connectivity index (χ1) is 7.38. The lowest BCUT2D eigenvalue weighted by Crippen LogP contribution is -2.25. The molecule has 6 heteroatoms. The van der Waals surface area contributed by atoms with Gasteiger partial charge in [-0.25, -0.2) is 18.6 Å². The molecule has 0 saturated carbocycles. The van der Waals surface area contributed by atoms with Crippen molar-refractivity contribution in [1.82, 2.24) is 4.98 Å². The second-order valence-corrected chi connectivity index (χ2v) is 3.30. The van der Waals surface area contributed by atoms with Gasteiger partial charge in [-0.2, -0.15) is 0 Å². The molecule has 0 spiro atoms. The Bertz CT molecular complexity index is 396. The van der Waals surface area contributed by atoms with Gasteiger partial charge in [0, 0.05) is 25.2 Å². The van der Waals surface area contributed by atoms with Crippen molar-refractivity contribution < 1.29 is 18.7 Å². The fourth-order valence-corrected chi connectivity index (χ4v) is 1.13. The van der Waals surface area contributed by atoms with Gasteiger partial charge in [0.1, 0.15) is 5.82 Å². The molecule has 0 atom stereocenters. The second-order valence-electron chi connectivity index (χ2n) is 3.30. The largest absolute Gasteiger partial charge is 0.465 e. The van der Waals surface area contributed by atoms with Crippen molar-refractivity contribution in [2.24, 2.45) is 0 Å². The van der Waals surface area contributed by atoms with Crippen LogP contribution in [-0.4, -0.2) is 23.2 Å². The molecule has 1 aromatic rings. The first-order valence-corrected chi connectivity index (χ1v) is 4.69. The van der Waals surface area contributed by atoms with Crippen LogP contribution < -0.4 is 4.90 Å². The fourth-order valence-electron chi connectivity index (χ4n) is 1.13. The minimum Gasteiger partial charge on any atom is -0.465 e. The van der Waals surface area contributed by atoms with E-state index < -0.39 is 12.0 Å². The average Bonchev–Trinajstić information content (AvgIpc) is 2.28. The molecule has 1 aromatic heterocycles. The molecule has 1 amide bonds. The van der Waals surface area contributed by atoms with Crippen LogP contribution in [0, 0.1) is 0 Å². The Morgan fingerprint density at radius 2 is 2.25 bits per heavy atom. The average molecular weight is 230 g/mol. The van der Waals surface area contributed by atoms with E-state index in [1.165, 1.54) is 26.2 Å². The molecule has 16 heavy (non-hydrogen) atoms. The molecule has 1 N–H and O–H groups in total. The van der Waals surface area contributed by atoms with Gasteiger partial charge >= 0.3 is 6.09 Å². The number of hydrogen-bond donors (Lipinski definition) is 1. The van der Waals surface area contributed by atoms with Gasteiger partial charge in [-0.1, -0.05) is 6.92 Å². The van der Waals surface area contributed by atoms with E-state index in [1.54, 1.807) is 0 Å². The van der Waals surface area contributed by atoms with Crippen molar-refractivity contribution >= 4 is 11.9 Å². The Labute approximate surface area is 91.5 Å². The highest BCUT2D eigenvalue weighted by Gasteiger charge is 2.29. The zero-order chi connectivity index (χ0) is 12.3. The molecule has 0 radical (unpaired) electrons. The highest BCUT2D eigenvalue weighted by atomic mass is 19.3. The van der Waals surface area contributed by atoms with Crippen LogP contribution in [0.5, 0.6) is 0 Å². The van der Waals surface area contributed by atoms with Crippen molar-refractivity contribution in [2.75, 3.05) is 11.9 Å². The van der Waals surface area contributed by atoms with E-state index in [9.17, 15) is 13.6 Å². The summed E-state index contributed by atoms with van der Waals surface area (Å²) in [6.07, 6.45) is -0.412. The van der Waals surface area contributed by atoms with E-state index >= 15 is 0 Å². The van der Waals surface area contributed by atoms with Crippen LogP contribution >= 0.6 is 0 Å². The molecule has 0 aliphatic heterocycles. The third-order valence-electron chi connectivity index (χ3n) is 2.24. The maximum absolute atomic E-state index is 13.3. The summed E-state index contributed by atoms with van der Waals surface area (Å²) in [5, 5.41) is 8.68. The first-order valence-electron chi connectivity index (χ1n) is 4.69. The summed E-state index contributed by atoms with van der Waals surface area (Å²) in [6, 6.07) is 2.26. The summed E-state index contributed by atoms with van der Waals surface area (Å²) in [4.78, 5) is 15.1. The van der Waals surface area contributed by atoms with Gasteiger partial charge in [-0.15, -0.1) is 0 Å². The summed E-state index contributed by atoms with van der Waals surface area (Å²) in [5.74, 6) is -2.98. The Morgan fingerprint density at radius 1 is 1.62 bits per heavy atom. The van der Waals surface area contributed by atoms with Gasteiger partial charge in [-0.3, -0.25) is 4.90 Å². The minimum absolute atomic E-state index is 0.0156. The number of pyridine rings is 1. The van der Waals surface area contributed by atoms with Crippen molar-refractivity contribution in [1.29, 1.82) is 0 Å². The lowest BCUT2D eigenvalue weighted by Gasteiger charge is -2.17. The molecule has 1 heterocycles. The van der Waals surface area contributed by atoms with Gasteiger partial charge in [0.15, 0.2) is 0 Å². The van der Waals surface area contributed by atoms with Crippen molar-refractivity contribution in [3.8, 4) is 0 Å². The summed E-state index contributed by atoms with van der Waals surface area (Å²) >= 11 is 0. The summed E-state index contributed by atoms with van der Waals surface area (Å²) in [6.45, 7) is 1.36. The predicted molar refractivity (Wildman–Crippen MR) is 54.8 cm³/mol. The van der Waals surface area contributed by atoms with Gasteiger partial charge < -0.3 is 5.11 Å². The SMILES string of the molecule is CCC(F)(F)c1ccnc(N(C)C(=O)O)c1. The van der Waals surface area contributed by atoms with E-state index in [4.69, 9.17) is 5.11 Å². The van der Waals surface area contributed by atoms with Crippen LogP contribution in [0.3, 0.4) is 0 Å². The Hall–Kier alpha value is -1.72. The van der Waals surface area contributed by atoms with Gasteiger partial charge in [0.25, 0.3) is 5.92 Å². The number of rotatable bonds is 3. The number of aromatic nitrogens is 1. The van der Waals surface area contributed by atoms with Crippen molar-refractivity contribution in [2.45, 2.75) is 19.3 Å². The topological polar surface area (TPSA) is 53.4 Å². The van der Waals surface area contributed by atoms with Gasteiger partial charge in [0.2, 0.25) is 0 Å². The van der Waals surface area contributed by atoms with E-state index in [0.717, 1.165) is 11.0 Å². The maximum Gasteiger partial charge on any atom is 0.412 e. The number of carbonyl (C=O) groups is 1. The maximum atomic E-state index is 13.3.